The highest BCUT2D eigenvalue weighted by atomic mass is 15.1. The van der Waals surface area contributed by atoms with E-state index >= 15 is 0 Å². The van der Waals surface area contributed by atoms with E-state index in [0.717, 1.165) is 5.41 Å². The molecule has 2 nitrogen and oxygen atoms in total. The van der Waals surface area contributed by atoms with Crippen LogP contribution in [0.1, 0.15) is 26.2 Å². The van der Waals surface area contributed by atoms with Crippen molar-refractivity contribution in [2.75, 3.05) is 32.7 Å². The molecule has 2 aliphatic heterocycles. The third-order valence-corrected chi connectivity index (χ3v) is 3.46. The molecule has 0 atom stereocenters. The van der Waals surface area contributed by atoms with Crippen LogP contribution in [0.15, 0.2) is 0 Å². The zero-order chi connectivity index (χ0) is 8.44. The molecule has 0 amide bonds. The van der Waals surface area contributed by atoms with Gasteiger partial charge in [0.05, 0.1) is 0 Å². The minimum atomic E-state index is 0.726. The van der Waals surface area contributed by atoms with Crippen molar-refractivity contribution in [3.63, 3.8) is 0 Å². The summed E-state index contributed by atoms with van der Waals surface area (Å²) in [7, 11) is 0. The van der Waals surface area contributed by atoms with E-state index in [4.69, 9.17) is 0 Å². The molecule has 0 saturated carbocycles. The second-order valence-corrected chi connectivity index (χ2v) is 4.45. The van der Waals surface area contributed by atoms with E-state index in [1.54, 1.807) is 0 Å². The number of likely N-dealkylation sites (tertiary alicyclic amines) is 1. The summed E-state index contributed by atoms with van der Waals surface area (Å²) >= 11 is 0. The molecule has 2 aliphatic rings. The van der Waals surface area contributed by atoms with Crippen LogP contribution in [0, 0.1) is 5.41 Å². The van der Waals surface area contributed by atoms with Gasteiger partial charge in [0.1, 0.15) is 0 Å². The second kappa shape index (κ2) is 3.35. The summed E-state index contributed by atoms with van der Waals surface area (Å²) in [5.74, 6) is 0. The van der Waals surface area contributed by atoms with Gasteiger partial charge in [-0.05, 0) is 44.3 Å². The fourth-order valence-corrected chi connectivity index (χ4v) is 2.40. The van der Waals surface area contributed by atoms with Gasteiger partial charge in [0.25, 0.3) is 0 Å². The van der Waals surface area contributed by atoms with Gasteiger partial charge in [0.2, 0.25) is 0 Å². The Kier molecular flexibility index (Phi) is 2.37. The van der Waals surface area contributed by atoms with Crippen LogP contribution in [0.4, 0.5) is 0 Å². The summed E-state index contributed by atoms with van der Waals surface area (Å²) in [5.41, 5.74) is 0.726. The highest BCUT2D eigenvalue weighted by Crippen LogP contribution is 2.34. The molecule has 0 unspecified atom stereocenters. The van der Waals surface area contributed by atoms with Crippen LogP contribution < -0.4 is 5.32 Å². The number of hydrogen-bond acceptors (Lipinski definition) is 2. The van der Waals surface area contributed by atoms with Crippen LogP contribution >= 0.6 is 0 Å². The Bertz CT molecular complexity index is 142. The predicted molar refractivity (Wildman–Crippen MR) is 51.3 cm³/mol. The first-order valence-electron chi connectivity index (χ1n) is 5.28. The summed E-state index contributed by atoms with van der Waals surface area (Å²) in [5, 5.41) is 3.40. The molecule has 2 fully saturated rings. The average Bonchev–Trinajstić information content (AvgIpc) is 2.04. The van der Waals surface area contributed by atoms with Gasteiger partial charge in [0.15, 0.2) is 0 Å². The van der Waals surface area contributed by atoms with Crippen molar-refractivity contribution < 1.29 is 0 Å². The largest absolute Gasteiger partial charge is 0.316 e. The molecule has 0 bridgehead atoms. The van der Waals surface area contributed by atoms with Crippen molar-refractivity contribution >= 4 is 0 Å². The lowest BCUT2D eigenvalue weighted by Crippen LogP contribution is -2.58. The monoisotopic (exact) mass is 168 g/mol. The predicted octanol–water partition coefficient (Wildman–Crippen LogP) is 1.08. The Balaban J connectivity index is 1.77. The molecule has 2 heterocycles. The van der Waals surface area contributed by atoms with Gasteiger partial charge < -0.3 is 10.2 Å². The maximum absolute atomic E-state index is 3.40. The van der Waals surface area contributed by atoms with Gasteiger partial charge >= 0.3 is 0 Å². The van der Waals surface area contributed by atoms with Crippen LogP contribution in [-0.2, 0) is 0 Å². The molecule has 0 aromatic rings. The zero-order valence-electron chi connectivity index (χ0n) is 8.10. The molecule has 2 heteroatoms. The maximum atomic E-state index is 3.40. The second-order valence-electron chi connectivity index (χ2n) is 4.45. The minimum absolute atomic E-state index is 0.726. The maximum Gasteiger partial charge on any atom is 0.00212 e. The zero-order valence-corrected chi connectivity index (χ0v) is 8.10. The fourth-order valence-electron chi connectivity index (χ4n) is 2.40. The molecule has 1 N–H and O–H groups in total. The normalized spacial score (nSPS) is 28.8. The third kappa shape index (κ3) is 1.50. The van der Waals surface area contributed by atoms with Gasteiger partial charge in [-0.15, -0.1) is 0 Å². The van der Waals surface area contributed by atoms with Gasteiger partial charge in [0, 0.05) is 13.1 Å². The Morgan fingerprint density at radius 1 is 1.25 bits per heavy atom. The molecule has 0 aromatic carbocycles. The van der Waals surface area contributed by atoms with E-state index in [-0.39, 0.29) is 0 Å². The number of nitrogens with zero attached hydrogens (tertiary/aromatic N) is 1. The molecular formula is C10H20N2. The van der Waals surface area contributed by atoms with Crippen LogP contribution in [0.3, 0.4) is 0 Å². The first kappa shape index (κ1) is 8.52. The van der Waals surface area contributed by atoms with Crippen LogP contribution in [0.25, 0.3) is 0 Å². The number of piperidine rings is 1. The SMILES string of the molecule is CCCN1CCC2(CC1)CNC2. The van der Waals surface area contributed by atoms with Crippen LogP contribution in [0.5, 0.6) is 0 Å². The van der Waals surface area contributed by atoms with Crippen molar-refractivity contribution in [2.45, 2.75) is 26.2 Å². The van der Waals surface area contributed by atoms with Gasteiger partial charge in [-0.25, -0.2) is 0 Å². The van der Waals surface area contributed by atoms with Gasteiger partial charge in [-0.3, -0.25) is 0 Å². The van der Waals surface area contributed by atoms with Gasteiger partial charge in [-0.2, -0.15) is 0 Å². The van der Waals surface area contributed by atoms with E-state index in [0.29, 0.717) is 0 Å². The molecule has 2 rings (SSSR count). The highest BCUT2D eigenvalue weighted by molar-refractivity contribution is 4.95. The number of hydrogen-bond donors (Lipinski definition) is 1. The summed E-state index contributed by atoms with van der Waals surface area (Å²) in [6.45, 7) is 8.84. The van der Waals surface area contributed by atoms with Crippen molar-refractivity contribution in [3.05, 3.63) is 0 Å². The van der Waals surface area contributed by atoms with Gasteiger partial charge in [-0.1, -0.05) is 6.92 Å². The van der Waals surface area contributed by atoms with E-state index in [9.17, 15) is 0 Å². The molecule has 0 aromatic heterocycles. The standard InChI is InChI=1S/C10H20N2/c1-2-5-12-6-3-10(4-7-12)8-11-9-10/h11H,2-9H2,1H3. The lowest BCUT2D eigenvalue weighted by atomic mass is 9.73. The topological polar surface area (TPSA) is 15.3 Å². The lowest BCUT2D eigenvalue weighted by molar-refractivity contribution is 0.0555. The Hall–Kier alpha value is -0.0800. The summed E-state index contributed by atoms with van der Waals surface area (Å²) in [6, 6.07) is 0. The molecule has 0 radical (unpaired) electrons. The Morgan fingerprint density at radius 3 is 2.33 bits per heavy atom. The number of nitrogens with one attached hydrogen (secondary N) is 1. The minimum Gasteiger partial charge on any atom is -0.316 e. The first-order valence-corrected chi connectivity index (χ1v) is 5.28. The van der Waals surface area contributed by atoms with Crippen molar-refractivity contribution in [3.8, 4) is 0 Å². The Morgan fingerprint density at radius 2 is 1.92 bits per heavy atom. The third-order valence-electron chi connectivity index (χ3n) is 3.46. The highest BCUT2D eigenvalue weighted by Gasteiger charge is 2.39. The quantitative estimate of drug-likeness (QED) is 0.664. The average molecular weight is 168 g/mol. The van der Waals surface area contributed by atoms with Crippen molar-refractivity contribution in [1.82, 2.24) is 10.2 Å². The van der Waals surface area contributed by atoms with Crippen molar-refractivity contribution in [1.29, 1.82) is 0 Å². The summed E-state index contributed by atoms with van der Waals surface area (Å²) in [6.07, 6.45) is 4.17. The first-order chi connectivity index (χ1) is 5.85. The Labute approximate surface area is 75.3 Å². The molecule has 12 heavy (non-hydrogen) atoms. The molecule has 2 saturated heterocycles. The molecule has 0 aliphatic carbocycles. The summed E-state index contributed by atoms with van der Waals surface area (Å²) in [4.78, 5) is 2.61. The fraction of sp³-hybridized carbons (Fsp3) is 1.00. The van der Waals surface area contributed by atoms with Crippen LogP contribution in [-0.4, -0.2) is 37.6 Å². The van der Waals surface area contributed by atoms with E-state index in [1.165, 1.54) is 52.0 Å². The smallest absolute Gasteiger partial charge is 0.00212 e. The van der Waals surface area contributed by atoms with Crippen LogP contribution in [0.2, 0.25) is 0 Å². The van der Waals surface area contributed by atoms with Crippen molar-refractivity contribution in [2.24, 2.45) is 5.41 Å². The lowest BCUT2D eigenvalue weighted by Gasteiger charge is -2.48. The van der Waals surface area contributed by atoms with E-state index in [2.05, 4.69) is 17.1 Å². The molecule has 70 valence electrons. The molecule has 1 spiro atoms. The number of rotatable bonds is 2. The summed E-state index contributed by atoms with van der Waals surface area (Å²) < 4.78 is 0. The molecular weight excluding hydrogens is 148 g/mol. The van der Waals surface area contributed by atoms with E-state index in [1.807, 2.05) is 0 Å². The van der Waals surface area contributed by atoms with E-state index < -0.39 is 0 Å².